The summed E-state index contributed by atoms with van der Waals surface area (Å²) in [6.45, 7) is 5.52. The number of piperidine rings is 1. The lowest BCUT2D eigenvalue weighted by Gasteiger charge is -2.28. The van der Waals surface area contributed by atoms with Gasteiger partial charge in [-0.05, 0) is 61.9 Å². The first-order valence-electron chi connectivity index (χ1n) is 14.5. The molecule has 1 fully saturated rings. The molecule has 0 bridgehead atoms. The second kappa shape index (κ2) is 14.2. The highest BCUT2D eigenvalue weighted by molar-refractivity contribution is 7.98. The van der Waals surface area contributed by atoms with Crippen molar-refractivity contribution in [3.63, 3.8) is 0 Å². The van der Waals surface area contributed by atoms with Gasteiger partial charge in [0.25, 0.3) is 5.91 Å². The molecular weight excluding hydrogens is 590 g/mol. The van der Waals surface area contributed by atoms with Crippen LogP contribution in [0.3, 0.4) is 0 Å². The van der Waals surface area contributed by atoms with Crippen LogP contribution in [-0.4, -0.2) is 65.0 Å². The second-order valence-electron chi connectivity index (χ2n) is 10.4. The van der Waals surface area contributed by atoms with Crippen LogP contribution < -0.4 is 14.8 Å². The molecule has 0 saturated carbocycles. The number of halogens is 1. The standard InChI is InChI=1S/C31H36ClN5O5S/c1-4-16-41-29(39)27-20(2)33-30-34-31(43-19-22-10-6-7-11-23(22)32)35-37(30)28(27)21-12-13-24(25(17-21)40-3)42-18-26(38)36-14-8-5-9-15-36/h6-7,10-13,17,28H,4-5,8-9,14-16,18-19H2,1-3H3,(H,33,34,35). The van der Waals surface area contributed by atoms with Crippen LogP contribution in [0.1, 0.15) is 56.7 Å². The predicted molar refractivity (Wildman–Crippen MR) is 166 cm³/mol. The van der Waals surface area contributed by atoms with E-state index in [1.807, 2.05) is 49.1 Å². The minimum atomic E-state index is -0.638. The van der Waals surface area contributed by atoms with Gasteiger partial charge < -0.3 is 24.4 Å². The molecule has 3 aromatic rings. The van der Waals surface area contributed by atoms with Crippen molar-refractivity contribution in [1.82, 2.24) is 19.7 Å². The second-order valence-corrected chi connectivity index (χ2v) is 11.7. The van der Waals surface area contributed by atoms with Crippen molar-refractivity contribution < 1.29 is 23.8 Å². The van der Waals surface area contributed by atoms with Crippen LogP contribution in [0.15, 0.2) is 58.9 Å². The van der Waals surface area contributed by atoms with Gasteiger partial charge in [0, 0.05) is 29.6 Å². The van der Waals surface area contributed by atoms with Crippen LogP contribution in [0.2, 0.25) is 5.02 Å². The Balaban J connectivity index is 1.43. The average molecular weight is 626 g/mol. The number of likely N-dealkylation sites (tertiary alicyclic amines) is 1. The van der Waals surface area contributed by atoms with E-state index in [4.69, 9.17) is 35.9 Å². The number of carbonyl (C=O) groups is 2. The van der Waals surface area contributed by atoms with Gasteiger partial charge in [0.05, 0.1) is 19.3 Å². The third-order valence-electron chi connectivity index (χ3n) is 7.37. The summed E-state index contributed by atoms with van der Waals surface area (Å²) >= 11 is 7.81. The topological polar surface area (TPSA) is 108 Å². The molecule has 2 aliphatic rings. The summed E-state index contributed by atoms with van der Waals surface area (Å²) in [5.74, 6) is 1.49. The van der Waals surface area contributed by atoms with Gasteiger partial charge in [-0.1, -0.05) is 54.6 Å². The number of anilines is 1. The molecule has 1 saturated heterocycles. The van der Waals surface area contributed by atoms with Crippen molar-refractivity contribution in [2.45, 2.75) is 56.5 Å². The van der Waals surface area contributed by atoms with E-state index in [2.05, 4.69) is 5.32 Å². The molecule has 12 heteroatoms. The maximum Gasteiger partial charge on any atom is 0.338 e. The van der Waals surface area contributed by atoms with Crippen molar-refractivity contribution in [3.8, 4) is 11.5 Å². The summed E-state index contributed by atoms with van der Waals surface area (Å²) in [7, 11) is 1.54. The molecule has 1 N–H and O–H groups in total. The summed E-state index contributed by atoms with van der Waals surface area (Å²) in [4.78, 5) is 32.6. The van der Waals surface area contributed by atoms with Crippen LogP contribution >= 0.6 is 23.4 Å². The van der Waals surface area contributed by atoms with Crippen molar-refractivity contribution in [1.29, 1.82) is 0 Å². The van der Waals surface area contributed by atoms with Crippen LogP contribution in [-0.2, 0) is 20.1 Å². The number of ether oxygens (including phenoxy) is 3. The van der Waals surface area contributed by atoms with Gasteiger partial charge in [0.2, 0.25) is 11.1 Å². The fraction of sp³-hybridized carbons (Fsp3) is 0.419. The number of allylic oxidation sites excluding steroid dienone is 1. The van der Waals surface area contributed by atoms with E-state index >= 15 is 0 Å². The summed E-state index contributed by atoms with van der Waals surface area (Å²) in [6, 6.07) is 12.4. The predicted octanol–water partition coefficient (Wildman–Crippen LogP) is 5.87. The number of hydrogen-bond acceptors (Lipinski definition) is 9. The molecule has 228 valence electrons. The Morgan fingerprint density at radius 2 is 1.91 bits per heavy atom. The number of aromatic nitrogens is 3. The molecule has 10 nitrogen and oxygen atoms in total. The van der Waals surface area contributed by atoms with Gasteiger partial charge in [-0.3, -0.25) is 4.79 Å². The molecule has 0 spiro atoms. The number of rotatable bonds is 11. The largest absolute Gasteiger partial charge is 0.493 e. The maximum absolute atomic E-state index is 13.4. The fourth-order valence-corrected chi connectivity index (χ4v) is 6.26. The lowest BCUT2D eigenvalue weighted by molar-refractivity contribution is -0.139. The minimum absolute atomic E-state index is 0.0437. The molecule has 1 atom stereocenters. The van der Waals surface area contributed by atoms with E-state index in [1.54, 1.807) is 23.9 Å². The van der Waals surface area contributed by atoms with Crippen molar-refractivity contribution in [2.24, 2.45) is 0 Å². The Morgan fingerprint density at radius 1 is 1.12 bits per heavy atom. The van der Waals surface area contributed by atoms with E-state index in [-0.39, 0.29) is 12.5 Å². The van der Waals surface area contributed by atoms with Crippen LogP contribution in [0.4, 0.5) is 5.95 Å². The van der Waals surface area contributed by atoms with Gasteiger partial charge in [-0.2, -0.15) is 4.98 Å². The number of carbonyl (C=O) groups excluding carboxylic acids is 2. The number of methoxy groups -OCH3 is 1. The molecule has 1 unspecified atom stereocenters. The number of amides is 1. The quantitative estimate of drug-likeness (QED) is 0.207. The van der Waals surface area contributed by atoms with Crippen LogP contribution in [0.5, 0.6) is 11.5 Å². The molecule has 1 aromatic heterocycles. The SMILES string of the molecule is CCCOC(=O)C1=C(C)Nc2nc(SCc3ccccc3Cl)nn2C1c1ccc(OCC(=O)N2CCCCC2)c(OC)c1. The van der Waals surface area contributed by atoms with E-state index < -0.39 is 12.0 Å². The Labute approximate surface area is 260 Å². The molecular formula is C31H36ClN5O5S. The summed E-state index contributed by atoms with van der Waals surface area (Å²) in [5.41, 5.74) is 2.75. The Hall–Kier alpha value is -3.70. The van der Waals surface area contributed by atoms with Gasteiger partial charge in [0.15, 0.2) is 18.1 Å². The molecule has 1 amide bonds. The summed E-state index contributed by atoms with van der Waals surface area (Å²) < 4.78 is 18.9. The van der Waals surface area contributed by atoms with E-state index in [9.17, 15) is 9.59 Å². The number of hydrogen-bond donors (Lipinski definition) is 1. The third-order valence-corrected chi connectivity index (χ3v) is 8.62. The Kier molecular flexibility index (Phi) is 10.1. The van der Waals surface area contributed by atoms with E-state index in [1.165, 1.54) is 11.8 Å². The fourth-order valence-electron chi connectivity index (χ4n) is 5.14. The zero-order valence-corrected chi connectivity index (χ0v) is 26.2. The summed E-state index contributed by atoms with van der Waals surface area (Å²) in [6.07, 6.45) is 3.87. The first-order valence-corrected chi connectivity index (χ1v) is 15.8. The number of fused-ring (bicyclic) bond motifs is 1. The maximum atomic E-state index is 13.4. The molecule has 0 aliphatic carbocycles. The molecule has 43 heavy (non-hydrogen) atoms. The summed E-state index contributed by atoms with van der Waals surface area (Å²) in [5, 5.41) is 9.23. The number of benzene rings is 2. The van der Waals surface area contributed by atoms with Gasteiger partial charge >= 0.3 is 5.97 Å². The molecule has 3 heterocycles. The highest BCUT2D eigenvalue weighted by atomic mass is 35.5. The van der Waals surface area contributed by atoms with Gasteiger partial charge in [0.1, 0.15) is 6.04 Å². The number of esters is 1. The smallest absolute Gasteiger partial charge is 0.338 e. The highest BCUT2D eigenvalue weighted by Gasteiger charge is 2.36. The zero-order valence-electron chi connectivity index (χ0n) is 24.6. The van der Waals surface area contributed by atoms with Crippen molar-refractivity contribution in [2.75, 3.05) is 38.7 Å². The molecule has 2 aromatic carbocycles. The van der Waals surface area contributed by atoms with Crippen LogP contribution in [0, 0.1) is 0 Å². The highest BCUT2D eigenvalue weighted by Crippen LogP contribution is 2.40. The van der Waals surface area contributed by atoms with E-state index in [0.717, 1.165) is 43.5 Å². The minimum Gasteiger partial charge on any atom is -0.493 e. The molecule has 0 radical (unpaired) electrons. The number of nitrogens with zero attached hydrogens (tertiary/aromatic N) is 4. The van der Waals surface area contributed by atoms with Crippen LogP contribution in [0.25, 0.3) is 0 Å². The molecule has 2 aliphatic heterocycles. The zero-order chi connectivity index (χ0) is 30.3. The average Bonchev–Trinajstić information content (AvgIpc) is 3.44. The lowest BCUT2D eigenvalue weighted by atomic mass is 9.95. The number of thioether (sulfide) groups is 1. The first kappa shape index (κ1) is 30.7. The van der Waals surface area contributed by atoms with Crippen molar-refractivity contribution in [3.05, 3.63) is 69.9 Å². The van der Waals surface area contributed by atoms with Gasteiger partial charge in [-0.25, -0.2) is 9.48 Å². The Morgan fingerprint density at radius 3 is 2.65 bits per heavy atom. The number of nitrogens with one attached hydrogen (secondary N) is 1. The normalized spacial score (nSPS) is 16.4. The Bertz CT molecular complexity index is 1500. The van der Waals surface area contributed by atoms with Gasteiger partial charge in [-0.15, -0.1) is 5.10 Å². The first-order chi connectivity index (χ1) is 20.9. The van der Waals surface area contributed by atoms with E-state index in [0.29, 0.717) is 57.7 Å². The molecule has 5 rings (SSSR count). The third kappa shape index (κ3) is 7.10. The monoisotopic (exact) mass is 625 g/mol. The lowest BCUT2D eigenvalue weighted by Crippen LogP contribution is -2.38. The van der Waals surface area contributed by atoms with Crippen molar-refractivity contribution >= 4 is 41.2 Å².